The average molecular weight is 376 g/mol. The quantitative estimate of drug-likeness (QED) is 0.460. The van der Waals surface area contributed by atoms with Gasteiger partial charge in [0.15, 0.2) is 11.5 Å². The Bertz CT molecular complexity index is 807. The number of methoxy groups -OCH3 is 2. The molecule has 0 bridgehead atoms. The minimum atomic E-state index is -0.865. The molecule has 0 atom stereocenters. The maximum absolute atomic E-state index is 11.7. The first-order chi connectivity index (χ1) is 12.5. The lowest BCUT2D eigenvalue weighted by Gasteiger charge is -2.07. The third-order valence-electron chi connectivity index (χ3n) is 3.36. The first-order valence-corrected chi connectivity index (χ1v) is 7.99. The second kappa shape index (κ2) is 9.43. The molecule has 2 rings (SSSR count). The van der Waals surface area contributed by atoms with E-state index in [0.29, 0.717) is 22.1 Å². The predicted molar refractivity (Wildman–Crippen MR) is 98.6 cm³/mol. The number of ether oxygens (including phenoxy) is 2. The highest BCUT2D eigenvalue weighted by atomic mass is 35.5. The lowest BCUT2D eigenvalue weighted by atomic mass is 10.2. The van der Waals surface area contributed by atoms with Crippen LogP contribution in [0.3, 0.4) is 0 Å². The van der Waals surface area contributed by atoms with E-state index in [4.69, 9.17) is 21.1 Å². The number of carbonyl (C=O) groups excluding carboxylic acids is 2. The van der Waals surface area contributed by atoms with Crippen molar-refractivity contribution in [3.05, 3.63) is 58.6 Å². The van der Waals surface area contributed by atoms with Gasteiger partial charge in [-0.1, -0.05) is 23.7 Å². The number of amides is 2. The van der Waals surface area contributed by atoms with Crippen LogP contribution >= 0.6 is 11.6 Å². The van der Waals surface area contributed by atoms with Gasteiger partial charge < -0.3 is 14.8 Å². The predicted octanol–water partition coefficient (Wildman–Crippen LogP) is 2.12. The molecule has 26 heavy (non-hydrogen) atoms. The van der Waals surface area contributed by atoms with Crippen LogP contribution in [0, 0.1) is 0 Å². The molecule has 0 aliphatic carbocycles. The van der Waals surface area contributed by atoms with Crippen LogP contribution in [0.25, 0.3) is 0 Å². The van der Waals surface area contributed by atoms with E-state index < -0.39 is 11.8 Å². The van der Waals surface area contributed by atoms with Crippen molar-refractivity contribution in [2.75, 3.05) is 14.2 Å². The van der Waals surface area contributed by atoms with Gasteiger partial charge in [-0.15, -0.1) is 0 Å². The lowest BCUT2D eigenvalue weighted by molar-refractivity contribution is -0.139. The Morgan fingerprint density at radius 3 is 2.38 bits per heavy atom. The largest absolute Gasteiger partial charge is 0.493 e. The third-order valence-corrected chi connectivity index (χ3v) is 3.61. The number of halogens is 1. The Balaban J connectivity index is 1.86. The van der Waals surface area contributed by atoms with Crippen molar-refractivity contribution in [2.45, 2.75) is 6.54 Å². The number of hydrogen-bond acceptors (Lipinski definition) is 5. The van der Waals surface area contributed by atoms with Crippen molar-refractivity contribution in [3.8, 4) is 11.5 Å². The summed E-state index contributed by atoms with van der Waals surface area (Å²) in [6.45, 7) is 0.211. The van der Waals surface area contributed by atoms with Crippen LogP contribution < -0.4 is 20.2 Å². The van der Waals surface area contributed by atoms with Crippen molar-refractivity contribution in [1.82, 2.24) is 10.7 Å². The van der Waals surface area contributed by atoms with Crippen molar-refractivity contribution >= 4 is 29.6 Å². The Morgan fingerprint density at radius 2 is 1.73 bits per heavy atom. The molecular formula is C18H18ClN3O4. The molecule has 2 N–H and O–H groups in total. The molecule has 8 heteroatoms. The van der Waals surface area contributed by atoms with Crippen LogP contribution in [0.15, 0.2) is 47.6 Å². The molecule has 0 unspecified atom stereocenters. The molecule has 0 heterocycles. The number of benzene rings is 2. The Hall–Kier alpha value is -3.06. The highest BCUT2D eigenvalue weighted by molar-refractivity contribution is 6.35. The summed E-state index contributed by atoms with van der Waals surface area (Å²) in [7, 11) is 3.06. The molecule has 0 aliphatic rings. The van der Waals surface area contributed by atoms with E-state index in [1.807, 2.05) is 0 Å². The summed E-state index contributed by atoms with van der Waals surface area (Å²) < 4.78 is 10.3. The van der Waals surface area contributed by atoms with Crippen molar-refractivity contribution in [1.29, 1.82) is 0 Å². The van der Waals surface area contributed by atoms with Crippen molar-refractivity contribution < 1.29 is 19.1 Å². The van der Waals surface area contributed by atoms with Crippen molar-refractivity contribution in [3.63, 3.8) is 0 Å². The Kier molecular flexibility index (Phi) is 6.99. The summed E-state index contributed by atoms with van der Waals surface area (Å²) in [6, 6.07) is 12.1. The molecule has 7 nitrogen and oxygen atoms in total. The van der Waals surface area contributed by atoms with Gasteiger partial charge in [-0.25, -0.2) is 5.43 Å². The third kappa shape index (κ3) is 5.49. The molecule has 0 aliphatic heterocycles. The molecule has 0 aromatic heterocycles. The SMILES string of the molecule is COc1ccc(/C=N/NC(=O)C(=O)NCc2ccc(Cl)cc2)cc1OC. The molecule has 0 saturated heterocycles. The fourth-order valence-electron chi connectivity index (χ4n) is 2.01. The van der Waals surface area contributed by atoms with Crippen LogP contribution in [0.5, 0.6) is 11.5 Å². The second-order valence-electron chi connectivity index (χ2n) is 5.12. The molecule has 2 aromatic rings. The van der Waals surface area contributed by atoms with Crippen LogP contribution in [-0.2, 0) is 16.1 Å². The maximum Gasteiger partial charge on any atom is 0.329 e. The van der Waals surface area contributed by atoms with Gasteiger partial charge in [0.2, 0.25) is 0 Å². The zero-order chi connectivity index (χ0) is 18.9. The number of hydrogen-bond donors (Lipinski definition) is 2. The molecular weight excluding hydrogens is 358 g/mol. The monoisotopic (exact) mass is 375 g/mol. The number of hydrazone groups is 1. The first-order valence-electron chi connectivity index (χ1n) is 7.61. The van der Waals surface area contributed by atoms with Crippen molar-refractivity contribution in [2.24, 2.45) is 5.10 Å². The van der Waals surface area contributed by atoms with Crippen LogP contribution in [0.4, 0.5) is 0 Å². The summed E-state index contributed by atoms with van der Waals surface area (Å²) in [5.41, 5.74) is 3.66. The fourth-order valence-corrected chi connectivity index (χ4v) is 2.14. The van der Waals surface area contributed by atoms with Gasteiger partial charge in [-0.3, -0.25) is 9.59 Å². The van der Waals surface area contributed by atoms with Gasteiger partial charge >= 0.3 is 11.8 Å². The smallest absolute Gasteiger partial charge is 0.329 e. The van der Waals surface area contributed by atoms with E-state index in [2.05, 4.69) is 15.8 Å². The lowest BCUT2D eigenvalue weighted by Crippen LogP contribution is -2.37. The van der Waals surface area contributed by atoms with E-state index >= 15 is 0 Å². The van der Waals surface area contributed by atoms with Gasteiger partial charge in [0, 0.05) is 11.6 Å². The number of rotatable bonds is 6. The standard InChI is InChI=1S/C18H18ClN3O4/c1-25-15-8-5-13(9-16(15)26-2)11-21-22-18(24)17(23)20-10-12-3-6-14(19)7-4-12/h3-9,11H,10H2,1-2H3,(H,20,23)(H,22,24)/b21-11+. The van der Waals surface area contributed by atoms with Gasteiger partial charge in [-0.05, 0) is 41.5 Å². The Labute approximate surface area is 155 Å². The molecule has 0 radical (unpaired) electrons. The van der Waals surface area contributed by atoms with Gasteiger partial charge in [0.1, 0.15) is 0 Å². The maximum atomic E-state index is 11.7. The minimum Gasteiger partial charge on any atom is -0.493 e. The van der Waals surface area contributed by atoms with E-state index in [9.17, 15) is 9.59 Å². The van der Waals surface area contributed by atoms with Gasteiger partial charge in [-0.2, -0.15) is 5.10 Å². The Morgan fingerprint density at radius 1 is 1.04 bits per heavy atom. The van der Waals surface area contributed by atoms with E-state index in [0.717, 1.165) is 5.56 Å². The highest BCUT2D eigenvalue weighted by Crippen LogP contribution is 2.26. The second-order valence-corrected chi connectivity index (χ2v) is 5.56. The van der Waals surface area contributed by atoms with E-state index in [1.54, 1.807) is 42.5 Å². The molecule has 0 saturated carbocycles. The molecule has 0 spiro atoms. The molecule has 2 aromatic carbocycles. The van der Waals surface area contributed by atoms with Crippen LogP contribution in [0.2, 0.25) is 5.02 Å². The summed E-state index contributed by atoms with van der Waals surface area (Å²) in [6.07, 6.45) is 1.40. The molecule has 136 valence electrons. The van der Waals surface area contributed by atoms with E-state index in [-0.39, 0.29) is 6.54 Å². The first kappa shape index (κ1) is 19.3. The normalized spacial score (nSPS) is 10.4. The van der Waals surface area contributed by atoms with Gasteiger partial charge in [0.05, 0.1) is 20.4 Å². The summed E-state index contributed by atoms with van der Waals surface area (Å²) in [5, 5.41) is 6.86. The minimum absolute atomic E-state index is 0.211. The number of nitrogens with one attached hydrogen (secondary N) is 2. The fraction of sp³-hybridized carbons (Fsp3) is 0.167. The zero-order valence-corrected chi connectivity index (χ0v) is 15.0. The zero-order valence-electron chi connectivity index (χ0n) is 14.3. The number of carbonyl (C=O) groups is 2. The van der Waals surface area contributed by atoms with Gasteiger partial charge in [0.25, 0.3) is 0 Å². The topological polar surface area (TPSA) is 89.0 Å². The molecule has 2 amide bonds. The molecule has 0 fully saturated rings. The summed E-state index contributed by atoms with van der Waals surface area (Å²) >= 11 is 5.79. The summed E-state index contributed by atoms with van der Waals surface area (Å²) in [4.78, 5) is 23.5. The number of nitrogens with zero attached hydrogens (tertiary/aromatic N) is 1. The van der Waals surface area contributed by atoms with Crippen LogP contribution in [0.1, 0.15) is 11.1 Å². The highest BCUT2D eigenvalue weighted by Gasteiger charge is 2.12. The van der Waals surface area contributed by atoms with E-state index in [1.165, 1.54) is 20.4 Å². The summed E-state index contributed by atoms with van der Waals surface area (Å²) in [5.74, 6) is -0.543. The average Bonchev–Trinajstić information content (AvgIpc) is 2.67. The van der Waals surface area contributed by atoms with Crippen LogP contribution in [-0.4, -0.2) is 32.2 Å².